The van der Waals surface area contributed by atoms with Crippen LogP contribution in [0.2, 0.25) is 5.02 Å². The first-order chi connectivity index (χ1) is 12.6. The molecule has 2 aromatic rings. The highest BCUT2D eigenvalue weighted by molar-refractivity contribution is 6.30. The van der Waals surface area contributed by atoms with Gasteiger partial charge in [-0.3, -0.25) is 4.79 Å². The monoisotopic (exact) mass is 371 g/mol. The number of carbonyl (C=O) groups excluding carboxylic acids is 1. The topological polar surface area (TPSA) is 38.3 Å². The summed E-state index contributed by atoms with van der Waals surface area (Å²) in [6.45, 7) is 3.97. The first kappa shape index (κ1) is 18.8. The van der Waals surface area contributed by atoms with Gasteiger partial charge in [-0.25, -0.2) is 0 Å². The second kappa shape index (κ2) is 8.59. The molecular weight excluding hydrogens is 346 g/mol. The maximum absolute atomic E-state index is 12.7. The van der Waals surface area contributed by atoms with Crippen molar-refractivity contribution in [3.8, 4) is 5.75 Å². The molecule has 0 heterocycles. The fraction of sp³-hybridized carbons (Fsp3) is 0.409. The summed E-state index contributed by atoms with van der Waals surface area (Å²) in [6, 6.07) is 13.7. The highest BCUT2D eigenvalue weighted by Gasteiger charge is 2.21. The number of ether oxygens (including phenoxy) is 1. The molecule has 4 heteroatoms. The van der Waals surface area contributed by atoms with Crippen LogP contribution in [-0.2, 0) is 17.6 Å². The third-order valence-electron chi connectivity index (χ3n) is 4.97. The van der Waals surface area contributed by atoms with Crippen LogP contribution in [0.25, 0.3) is 0 Å². The number of halogens is 1. The summed E-state index contributed by atoms with van der Waals surface area (Å²) in [6.07, 6.45) is 4.89. The molecule has 1 amide bonds. The fourth-order valence-corrected chi connectivity index (χ4v) is 3.62. The Bertz CT molecular complexity index is 774. The summed E-state index contributed by atoms with van der Waals surface area (Å²) in [5.41, 5.74) is 4.03. The molecule has 3 nitrogen and oxygen atoms in total. The van der Waals surface area contributed by atoms with Crippen LogP contribution in [0.1, 0.15) is 55.8 Å². The summed E-state index contributed by atoms with van der Waals surface area (Å²) < 4.78 is 5.84. The average Bonchev–Trinajstić information content (AvgIpc) is 2.65. The van der Waals surface area contributed by atoms with Crippen molar-refractivity contribution in [1.29, 1.82) is 0 Å². The molecule has 3 rings (SSSR count). The van der Waals surface area contributed by atoms with E-state index in [1.54, 1.807) is 12.1 Å². The molecule has 26 heavy (non-hydrogen) atoms. The molecule has 2 atom stereocenters. The molecule has 0 fully saturated rings. The number of nitrogens with one attached hydrogen (secondary N) is 1. The molecule has 1 aliphatic rings. The Morgan fingerprint density at radius 2 is 1.92 bits per heavy atom. The van der Waals surface area contributed by atoms with Gasteiger partial charge >= 0.3 is 0 Å². The lowest BCUT2D eigenvalue weighted by atomic mass is 9.89. The molecule has 0 aliphatic heterocycles. The van der Waals surface area contributed by atoms with Gasteiger partial charge in [0.25, 0.3) is 5.91 Å². The fourth-order valence-electron chi connectivity index (χ4n) is 3.44. The van der Waals surface area contributed by atoms with Crippen molar-refractivity contribution in [3.63, 3.8) is 0 Å². The van der Waals surface area contributed by atoms with Gasteiger partial charge in [-0.05, 0) is 73.9 Å². The summed E-state index contributed by atoms with van der Waals surface area (Å²) >= 11 is 5.99. The molecule has 0 radical (unpaired) electrons. The summed E-state index contributed by atoms with van der Waals surface area (Å²) in [5.74, 6) is 0.513. The van der Waals surface area contributed by atoms with Crippen LogP contribution in [0.3, 0.4) is 0 Å². The maximum atomic E-state index is 12.7. The number of rotatable bonds is 6. The summed E-state index contributed by atoms with van der Waals surface area (Å²) in [5, 5.41) is 3.69. The second-order valence-electron chi connectivity index (χ2n) is 6.94. The first-order valence-corrected chi connectivity index (χ1v) is 9.79. The standard InChI is InChI=1S/C22H26ClNO2/c1-3-21(26-20-10-6-9-19(23)14-20)22(25)24-15(2)17-12-11-16-7-4-5-8-18(16)13-17/h6,9-15,21H,3-5,7-8H2,1-2H3,(H,24,25)/t15-,21-/m1/s1. The van der Waals surface area contributed by atoms with Gasteiger partial charge in [0.2, 0.25) is 0 Å². The van der Waals surface area contributed by atoms with Crippen molar-refractivity contribution in [1.82, 2.24) is 5.32 Å². The van der Waals surface area contributed by atoms with Crippen LogP contribution in [0, 0.1) is 0 Å². The first-order valence-electron chi connectivity index (χ1n) is 9.41. The van der Waals surface area contributed by atoms with Gasteiger partial charge in [0.1, 0.15) is 5.75 Å². The number of fused-ring (bicyclic) bond motifs is 1. The van der Waals surface area contributed by atoms with E-state index in [0.717, 1.165) is 12.0 Å². The molecule has 1 aliphatic carbocycles. The highest BCUT2D eigenvalue weighted by Crippen LogP contribution is 2.25. The van der Waals surface area contributed by atoms with E-state index >= 15 is 0 Å². The highest BCUT2D eigenvalue weighted by atomic mass is 35.5. The van der Waals surface area contributed by atoms with Crippen molar-refractivity contribution >= 4 is 17.5 Å². The van der Waals surface area contributed by atoms with Gasteiger partial charge < -0.3 is 10.1 Å². The van der Waals surface area contributed by atoms with Gasteiger partial charge in [-0.1, -0.05) is 42.8 Å². The quantitative estimate of drug-likeness (QED) is 0.752. The molecule has 0 saturated heterocycles. The zero-order chi connectivity index (χ0) is 18.5. The smallest absolute Gasteiger partial charge is 0.261 e. The van der Waals surface area contributed by atoms with Crippen LogP contribution in [0.4, 0.5) is 0 Å². The van der Waals surface area contributed by atoms with Gasteiger partial charge in [-0.2, -0.15) is 0 Å². The predicted molar refractivity (Wildman–Crippen MR) is 106 cm³/mol. The number of amides is 1. The van der Waals surface area contributed by atoms with E-state index in [4.69, 9.17) is 16.3 Å². The van der Waals surface area contributed by atoms with Gasteiger partial charge in [0, 0.05) is 5.02 Å². The minimum atomic E-state index is -0.534. The van der Waals surface area contributed by atoms with E-state index in [1.165, 1.54) is 30.4 Å². The number of hydrogen-bond donors (Lipinski definition) is 1. The Morgan fingerprint density at radius 3 is 2.65 bits per heavy atom. The molecule has 0 bridgehead atoms. The lowest BCUT2D eigenvalue weighted by Crippen LogP contribution is -2.39. The van der Waals surface area contributed by atoms with Crippen LogP contribution >= 0.6 is 11.6 Å². The van der Waals surface area contributed by atoms with E-state index in [9.17, 15) is 4.79 Å². The van der Waals surface area contributed by atoms with Crippen LogP contribution in [0.5, 0.6) is 5.75 Å². The maximum Gasteiger partial charge on any atom is 0.261 e. The molecule has 0 saturated carbocycles. The van der Waals surface area contributed by atoms with E-state index < -0.39 is 6.10 Å². The largest absolute Gasteiger partial charge is 0.481 e. The van der Waals surface area contributed by atoms with Crippen molar-refractivity contribution in [2.75, 3.05) is 0 Å². The van der Waals surface area contributed by atoms with Crippen LogP contribution in [-0.4, -0.2) is 12.0 Å². The number of benzene rings is 2. The minimum absolute atomic E-state index is 0.0493. The van der Waals surface area contributed by atoms with E-state index in [-0.39, 0.29) is 11.9 Å². The molecule has 1 N–H and O–H groups in total. The third kappa shape index (κ3) is 4.59. The van der Waals surface area contributed by atoms with Gasteiger partial charge in [0.05, 0.1) is 6.04 Å². The van der Waals surface area contributed by atoms with Gasteiger partial charge in [-0.15, -0.1) is 0 Å². The van der Waals surface area contributed by atoms with E-state index in [1.807, 2.05) is 26.0 Å². The average molecular weight is 372 g/mol. The lowest BCUT2D eigenvalue weighted by molar-refractivity contribution is -0.128. The van der Waals surface area contributed by atoms with Gasteiger partial charge in [0.15, 0.2) is 6.10 Å². The minimum Gasteiger partial charge on any atom is -0.481 e. The second-order valence-corrected chi connectivity index (χ2v) is 7.37. The summed E-state index contributed by atoms with van der Waals surface area (Å²) in [4.78, 5) is 12.7. The zero-order valence-electron chi connectivity index (χ0n) is 15.4. The zero-order valence-corrected chi connectivity index (χ0v) is 16.2. The molecule has 0 spiro atoms. The van der Waals surface area contributed by atoms with Crippen molar-refractivity contribution < 1.29 is 9.53 Å². The molecular formula is C22H26ClNO2. The van der Waals surface area contributed by atoms with Crippen molar-refractivity contribution in [2.24, 2.45) is 0 Å². The van der Waals surface area contributed by atoms with Crippen LogP contribution < -0.4 is 10.1 Å². The molecule has 0 aromatic heterocycles. The SMILES string of the molecule is CC[C@@H](Oc1cccc(Cl)c1)C(=O)N[C@H](C)c1ccc2c(c1)CCCC2. The van der Waals surface area contributed by atoms with E-state index in [2.05, 4.69) is 23.5 Å². The van der Waals surface area contributed by atoms with Crippen molar-refractivity contribution in [2.45, 2.75) is 58.1 Å². The predicted octanol–water partition coefficient (Wildman–Crippen LogP) is 5.25. The molecule has 138 valence electrons. The molecule has 0 unspecified atom stereocenters. The Balaban J connectivity index is 1.65. The van der Waals surface area contributed by atoms with Crippen LogP contribution in [0.15, 0.2) is 42.5 Å². The number of hydrogen-bond acceptors (Lipinski definition) is 2. The third-order valence-corrected chi connectivity index (χ3v) is 5.20. The van der Waals surface area contributed by atoms with Crippen molar-refractivity contribution in [3.05, 3.63) is 64.2 Å². The number of carbonyl (C=O) groups is 1. The lowest BCUT2D eigenvalue weighted by Gasteiger charge is -2.22. The Kier molecular flexibility index (Phi) is 6.20. The molecule has 2 aromatic carbocycles. The Hall–Kier alpha value is -2.00. The normalized spacial score (nSPS) is 15.7. The Labute approximate surface area is 160 Å². The number of aryl methyl sites for hydroxylation is 2. The van der Waals surface area contributed by atoms with E-state index in [0.29, 0.717) is 17.2 Å². The summed E-state index contributed by atoms with van der Waals surface area (Å²) in [7, 11) is 0. The Morgan fingerprint density at radius 1 is 1.15 bits per heavy atom.